The summed E-state index contributed by atoms with van der Waals surface area (Å²) in [6, 6.07) is 11.7. The molecule has 1 aromatic carbocycles. The first kappa shape index (κ1) is 17.2. The Hall–Kier alpha value is -2.21. The van der Waals surface area contributed by atoms with E-state index in [0.717, 1.165) is 35.1 Å². The maximum Gasteiger partial charge on any atom is 0.228 e. The van der Waals surface area contributed by atoms with Crippen LogP contribution in [0.3, 0.4) is 0 Å². The number of likely N-dealkylation sites (tertiary alicyclic amines) is 1. The summed E-state index contributed by atoms with van der Waals surface area (Å²) in [4.78, 5) is 33.4. The van der Waals surface area contributed by atoms with Crippen molar-refractivity contribution in [3.8, 4) is 0 Å². The number of carbonyl (C=O) groups is 2. The molecular weight excluding hydrogens is 394 g/mol. The lowest BCUT2D eigenvalue weighted by Crippen LogP contribution is -2.37. The second-order valence-corrected chi connectivity index (χ2v) is 7.77. The smallest absolute Gasteiger partial charge is 0.228 e. The van der Waals surface area contributed by atoms with E-state index in [-0.39, 0.29) is 30.2 Å². The molecule has 2 unspecified atom stereocenters. The average Bonchev–Trinajstić information content (AvgIpc) is 3.29. The maximum absolute atomic E-state index is 13.1. The van der Waals surface area contributed by atoms with Crippen LogP contribution in [-0.2, 0) is 9.59 Å². The van der Waals surface area contributed by atoms with Crippen LogP contribution in [0.25, 0.3) is 0 Å². The highest BCUT2D eigenvalue weighted by molar-refractivity contribution is 9.10. The third-order valence-electron chi connectivity index (χ3n) is 5.22. The van der Waals surface area contributed by atoms with Gasteiger partial charge in [0.15, 0.2) is 0 Å². The highest BCUT2D eigenvalue weighted by atomic mass is 79.9. The zero-order valence-corrected chi connectivity index (χ0v) is 15.9. The number of benzene rings is 1. The van der Waals surface area contributed by atoms with E-state index in [2.05, 4.69) is 20.9 Å². The molecule has 26 heavy (non-hydrogen) atoms. The van der Waals surface area contributed by atoms with E-state index >= 15 is 0 Å². The van der Waals surface area contributed by atoms with Gasteiger partial charge in [0.05, 0.1) is 12.0 Å². The summed E-state index contributed by atoms with van der Waals surface area (Å²) in [6.07, 6.45) is 5.78. The molecule has 2 saturated heterocycles. The number of hydrogen-bond donors (Lipinski definition) is 0. The monoisotopic (exact) mass is 413 g/mol. The van der Waals surface area contributed by atoms with Gasteiger partial charge in [0.1, 0.15) is 0 Å². The minimum Gasteiger partial charge on any atom is -0.335 e. The van der Waals surface area contributed by atoms with Crippen molar-refractivity contribution < 1.29 is 9.59 Å². The van der Waals surface area contributed by atoms with Gasteiger partial charge in [-0.1, -0.05) is 22.0 Å². The van der Waals surface area contributed by atoms with Crippen LogP contribution in [0, 0.1) is 5.92 Å². The van der Waals surface area contributed by atoms with E-state index in [1.807, 2.05) is 41.3 Å². The van der Waals surface area contributed by atoms with Crippen molar-refractivity contribution in [1.82, 2.24) is 9.88 Å². The van der Waals surface area contributed by atoms with Crippen molar-refractivity contribution in [3.05, 3.63) is 58.8 Å². The zero-order chi connectivity index (χ0) is 18.1. The first-order chi connectivity index (χ1) is 12.6. The molecule has 4 rings (SSSR count). The van der Waals surface area contributed by atoms with E-state index in [9.17, 15) is 9.59 Å². The fourth-order valence-corrected chi connectivity index (χ4v) is 4.35. The third-order valence-corrected chi connectivity index (χ3v) is 5.71. The Balaban J connectivity index is 1.51. The number of pyridine rings is 1. The van der Waals surface area contributed by atoms with Gasteiger partial charge >= 0.3 is 0 Å². The zero-order valence-electron chi connectivity index (χ0n) is 14.3. The van der Waals surface area contributed by atoms with Gasteiger partial charge in [-0.25, -0.2) is 0 Å². The van der Waals surface area contributed by atoms with E-state index in [0.29, 0.717) is 6.54 Å². The molecule has 5 nitrogen and oxygen atoms in total. The Bertz CT molecular complexity index is 827. The molecule has 0 spiro atoms. The molecule has 0 N–H and O–H groups in total. The van der Waals surface area contributed by atoms with Crippen LogP contribution in [0.1, 0.15) is 30.9 Å². The summed E-state index contributed by atoms with van der Waals surface area (Å²) in [6.45, 7) is 1.21. The van der Waals surface area contributed by atoms with Crippen molar-refractivity contribution in [1.29, 1.82) is 0 Å². The lowest BCUT2D eigenvalue weighted by molar-refractivity contribution is -0.136. The fraction of sp³-hybridized carbons (Fsp3) is 0.350. The Kier molecular flexibility index (Phi) is 4.76. The second kappa shape index (κ2) is 7.19. The van der Waals surface area contributed by atoms with Crippen LogP contribution in [-0.4, -0.2) is 34.8 Å². The van der Waals surface area contributed by atoms with Gasteiger partial charge in [-0.2, -0.15) is 0 Å². The minimum absolute atomic E-state index is 0.0149. The summed E-state index contributed by atoms with van der Waals surface area (Å²) >= 11 is 3.44. The molecule has 0 bridgehead atoms. The summed E-state index contributed by atoms with van der Waals surface area (Å²) in [5, 5.41) is 0. The normalized spacial score (nSPS) is 22.9. The summed E-state index contributed by atoms with van der Waals surface area (Å²) in [5.74, 6) is -0.166. The predicted octanol–water partition coefficient (Wildman–Crippen LogP) is 3.56. The third kappa shape index (κ3) is 3.26. The van der Waals surface area contributed by atoms with Gasteiger partial charge in [0, 0.05) is 42.1 Å². The van der Waals surface area contributed by atoms with Gasteiger partial charge in [0.2, 0.25) is 11.8 Å². The van der Waals surface area contributed by atoms with Gasteiger partial charge in [-0.05, 0) is 48.7 Å². The number of halogens is 1. The average molecular weight is 414 g/mol. The predicted molar refractivity (Wildman–Crippen MR) is 103 cm³/mol. The number of carbonyl (C=O) groups excluding carboxylic acids is 2. The maximum atomic E-state index is 13.1. The van der Waals surface area contributed by atoms with E-state index in [4.69, 9.17) is 0 Å². The van der Waals surface area contributed by atoms with E-state index < -0.39 is 0 Å². The Morgan fingerprint density at radius 1 is 1.19 bits per heavy atom. The molecule has 0 saturated carbocycles. The van der Waals surface area contributed by atoms with Crippen LogP contribution in [0.5, 0.6) is 0 Å². The van der Waals surface area contributed by atoms with Crippen molar-refractivity contribution in [2.24, 2.45) is 5.92 Å². The van der Waals surface area contributed by atoms with Crippen LogP contribution < -0.4 is 4.90 Å². The van der Waals surface area contributed by atoms with Crippen LogP contribution in [0.4, 0.5) is 5.69 Å². The lowest BCUT2D eigenvalue weighted by Gasteiger charge is -2.27. The largest absolute Gasteiger partial charge is 0.335 e. The number of hydrogen-bond acceptors (Lipinski definition) is 3. The number of amides is 2. The molecule has 134 valence electrons. The first-order valence-electron chi connectivity index (χ1n) is 8.90. The topological polar surface area (TPSA) is 53.5 Å². The molecule has 2 aliphatic rings. The number of aromatic nitrogens is 1. The van der Waals surface area contributed by atoms with Gasteiger partial charge in [0.25, 0.3) is 0 Å². The van der Waals surface area contributed by atoms with Crippen LogP contribution >= 0.6 is 15.9 Å². The molecule has 2 amide bonds. The van der Waals surface area contributed by atoms with E-state index in [1.165, 1.54) is 0 Å². The Labute approximate surface area is 161 Å². The molecule has 0 aliphatic carbocycles. The fourth-order valence-electron chi connectivity index (χ4n) is 3.96. The molecule has 2 atom stereocenters. The molecule has 2 fully saturated rings. The van der Waals surface area contributed by atoms with Crippen molar-refractivity contribution in [3.63, 3.8) is 0 Å². The summed E-state index contributed by atoms with van der Waals surface area (Å²) in [7, 11) is 0. The van der Waals surface area contributed by atoms with Gasteiger partial charge in [-0.15, -0.1) is 0 Å². The molecule has 6 heteroatoms. The number of nitrogens with zero attached hydrogens (tertiary/aromatic N) is 3. The summed E-state index contributed by atoms with van der Waals surface area (Å²) in [5.41, 5.74) is 1.96. The molecule has 0 radical (unpaired) electrons. The highest BCUT2D eigenvalue weighted by Crippen LogP contribution is 2.35. The number of rotatable bonds is 3. The number of anilines is 1. The standard InChI is InChI=1S/C20H20BrN3O2/c21-16-3-1-4-17(12-16)24-13-15(11-19(24)25)20(26)23-10-2-5-18(23)14-6-8-22-9-7-14/h1,3-4,6-9,12,15,18H,2,5,10-11,13H2. The first-order valence-corrected chi connectivity index (χ1v) is 9.69. The lowest BCUT2D eigenvalue weighted by atomic mass is 10.0. The van der Waals surface area contributed by atoms with Crippen molar-refractivity contribution >= 4 is 33.4 Å². The van der Waals surface area contributed by atoms with Gasteiger partial charge < -0.3 is 9.80 Å². The molecule has 1 aromatic heterocycles. The molecule has 3 heterocycles. The van der Waals surface area contributed by atoms with Crippen molar-refractivity contribution in [2.75, 3.05) is 18.0 Å². The molecular formula is C20H20BrN3O2. The molecule has 2 aliphatic heterocycles. The van der Waals surface area contributed by atoms with Crippen molar-refractivity contribution in [2.45, 2.75) is 25.3 Å². The Morgan fingerprint density at radius 2 is 2.00 bits per heavy atom. The van der Waals surface area contributed by atoms with Crippen LogP contribution in [0.2, 0.25) is 0 Å². The highest BCUT2D eigenvalue weighted by Gasteiger charge is 2.40. The van der Waals surface area contributed by atoms with Crippen LogP contribution in [0.15, 0.2) is 53.3 Å². The quantitative estimate of drug-likeness (QED) is 0.772. The Morgan fingerprint density at radius 3 is 2.77 bits per heavy atom. The second-order valence-electron chi connectivity index (χ2n) is 6.86. The minimum atomic E-state index is -0.274. The SMILES string of the molecule is O=C1CC(C(=O)N2CCCC2c2ccncc2)CN1c1cccc(Br)c1. The van der Waals surface area contributed by atoms with E-state index in [1.54, 1.807) is 17.3 Å². The van der Waals surface area contributed by atoms with Gasteiger partial charge in [-0.3, -0.25) is 14.6 Å². The summed E-state index contributed by atoms with van der Waals surface area (Å²) < 4.78 is 0.926. The molecule has 2 aromatic rings.